The molecular weight excluding hydrogens is 490 g/mol. The van der Waals surface area contributed by atoms with Crippen molar-refractivity contribution in [3.63, 3.8) is 0 Å². The first kappa shape index (κ1) is 26.4. The highest BCUT2D eigenvalue weighted by atomic mass is 16.7. The standard InChI is InChI=1S/C28H35N3O7/c1-2-3-11-31(20-5-4-10-29-15-20)25(32)17-30-16-21(19-6-8-23-24(14-19)38-18-37-23)27(28(33)34)22(30)7-9-26-35-12-13-36-26/h4-6,8,10,14-15,21-22,26-27H,2-3,7,9,11-13,16-18H2,1H3,(H,33,34)/t21-,22+,27-/m1/s1. The number of carboxylic acid groups (broad SMARTS) is 1. The molecule has 4 heterocycles. The first-order chi connectivity index (χ1) is 18.5. The number of carboxylic acids is 1. The molecule has 1 aromatic carbocycles. The highest BCUT2D eigenvalue weighted by Crippen LogP contribution is 2.43. The van der Waals surface area contributed by atoms with Crippen LogP contribution in [0.5, 0.6) is 11.5 Å². The molecule has 3 aliphatic rings. The minimum Gasteiger partial charge on any atom is -0.481 e. The number of hydrogen-bond acceptors (Lipinski definition) is 8. The molecule has 0 saturated carbocycles. The van der Waals surface area contributed by atoms with Crippen molar-refractivity contribution in [1.82, 2.24) is 9.88 Å². The van der Waals surface area contributed by atoms with Crippen molar-refractivity contribution >= 4 is 17.6 Å². The van der Waals surface area contributed by atoms with Crippen LogP contribution < -0.4 is 14.4 Å². The summed E-state index contributed by atoms with van der Waals surface area (Å²) in [4.78, 5) is 34.4. The number of hydrogen-bond donors (Lipinski definition) is 1. The highest BCUT2D eigenvalue weighted by molar-refractivity contribution is 5.94. The number of amides is 1. The van der Waals surface area contributed by atoms with E-state index in [1.807, 2.05) is 35.2 Å². The van der Waals surface area contributed by atoms with Gasteiger partial charge in [-0.25, -0.2) is 0 Å². The zero-order chi connectivity index (χ0) is 26.5. The van der Waals surface area contributed by atoms with E-state index in [2.05, 4.69) is 11.9 Å². The van der Waals surface area contributed by atoms with Gasteiger partial charge in [-0.1, -0.05) is 19.4 Å². The summed E-state index contributed by atoms with van der Waals surface area (Å²) in [5.41, 5.74) is 1.61. The van der Waals surface area contributed by atoms with Gasteiger partial charge in [-0.3, -0.25) is 19.5 Å². The Morgan fingerprint density at radius 3 is 2.68 bits per heavy atom. The second kappa shape index (κ2) is 12.1. The molecule has 10 heteroatoms. The molecule has 0 spiro atoms. The molecule has 3 aliphatic heterocycles. The quantitative estimate of drug-likeness (QED) is 0.473. The van der Waals surface area contributed by atoms with Crippen LogP contribution >= 0.6 is 0 Å². The van der Waals surface area contributed by atoms with Crippen LogP contribution in [0, 0.1) is 5.92 Å². The van der Waals surface area contributed by atoms with Crippen LogP contribution in [0.3, 0.4) is 0 Å². The number of benzene rings is 1. The maximum absolute atomic E-state index is 13.7. The van der Waals surface area contributed by atoms with Crippen molar-refractivity contribution in [2.75, 3.05) is 44.5 Å². The van der Waals surface area contributed by atoms with Crippen molar-refractivity contribution in [2.45, 2.75) is 50.9 Å². The van der Waals surface area contributed by atoms with E-state index in [0.717, 1.165) is 24.1 Å². The summed E-state index contributed by atoms with van der Waals surface area (Å²) < 4.78 is 22.3. The Labute approximate surface area is 222 Å². The van der Waals surface area contributed by atoms with E-state index < -0.39 is 11.9 Å². The lowest BCUT2D eigenvalue weighted by Crippen LogP contribution is -2.44. The number of carbonyl (C=O) groups is 2. The van der Waals surface area contributed by atoms with Gasteiger partial charge in [0, 0.05) is 31.2 Å². The monoisotopic (exact) mass is 525 g/mol. The van der Waals surface area contributed by atoms with Crippen LogP contribution in [-0.4, -0.2) is 78.8 Å². The number of unbranched alkanes of at least 4 members (excludes halogenated alkanes) is 1. The molecule has 0 unspecified atom stereocenters. The Balaban J connectivity index is 1.41. The maximum Gasteiger partial charge on any atom is 0.308 e. The largest absolute Gasteiger partial charge is 0.481 e. The average molecular weight is 526 g/mol. The van der Waals surface area contributed by atoms with Crippen LogP contribution in [0.1, 0.15) is 44.1 Å². The normalized spacial score (nSPS) is 23.1. The fourth-order valence-corrected chi connectivity index (χ4v) is 5.70. The van der Waals surface area contributed by atoms with E-state index in [0.29, 0.717) is 50.6 Å². The fourth-order valence-electron chi connectivity index (χ4n) is 5.70. The third-order valence-corrected chi connectivity index (χ3v) is 7.58. The van der Waals surface area contributed by atoms with Crippen molar-refractivity contribution in [1.29, 1.82) is 0 Å². The van der Waals surface area contributed by atoms with Gasteiger partial charge < -0.3 is 29.0 Å². The molecular formula is C28H35N3O7. The van der Waals surface area contributed by atoms with Gasteiger partial charge in [-0.15, -0.1) is 0 Å². The number of fused-ring (bicyclic) bond motifs is 1. The Kier molecular flexibility index (Phi) is 8.41. The average Bonchev–Trinajstić information content (AvgIpc) is 3.68. The molecule has 2 fully saturated rings. The van der Waals surface area contributed by atoms with Crippen LogP contribution in [0.25, 0.3) is 0 Å². The zero-order valence-corrected chi connectivity index (χ0v) is 21.7. The molecule has 0 aliphatic carbocycles. The van der Waals surface area contributed by atoms with E-state index in [1.54, 1.807) is 17.3 Å². The van der Waals surface area contributed by atoms with E-state index in [9.17, 15) is 14.7 Å². The van der Waals surface area contributed by atoms with Gasteiger partial charge in [0.25, 0.3) is 0 Å². The zero-order valence-electron chi connectivity index (χ0n) is 21.7. The van der Waals surface area contributed by atoms with Crippen molar-refractivity contribution in [3.05, 3.63) is 48.3 Å². The highest BCUT2D eigenvalue weighted by Gasteiger charge is 2.47. The Morgan fingerprint density at radius 1 is 1.13 bits per heavy atom. The van der Waals surface area contributed by atoms with E-state index in [4.69, 9.17) is 18.9 Å². The van der Waals surface area contributed by atoms with Gasteiger partial charge in [0.1, 0.15) is 0 Å². The first-order valence-electron chi connectivity index (χ1n) is 13.3. The predicted molar refractivity (Wildman–Crippen MR) is 138 cm³/mol. The van der Waals surface area contributed by atoms with Crippen molar-refractivity contribution in [3.8, 4) is 11.5 Å². The lowest BCUT2D eigenvalue weighted by Gasteiger charge is -2.30. The minimum absolute atomic E-state index is 0.0692. The number of ether oxygens (including phenoxy) is 4. The SMILES string of the molecule is CCCCN(C(=O)CN1C[C@H](c2ccc3c(c2)OCO3)[C@@H](C(=O)O)[C@@H]1CCC1OCCO1)c1cccnc1. The number of nitrogens with zero attached hydrogens (tertiary/aromatic N) is 3. The van der Waals surface area contributed by atoms with E-state index in [1.165, 1.54) is 0 Å². The molecule has 0 bridgehead atoms. The van der Waals surface area contributed by atoms with Crippen LogP contribution in [0.2, 0.25) is 0 Å². The Bertz CT molecular complexity index is 1110. The number of aliphatic carboxylic acids is 1. The first-order valence-corrected chi connectivity index (χ1v) is 13.3. The summed E-state index contributed by atoms with van der Waals surface area (Å²) in [5.74, 6) is -0.690. The second-order valence-corrected chi connectivity index (χ2v) is 9.94. The van der Waals surface area contributed by atoms with Gasteiger partial charge in [0.15, 0.2) is 17.8 Å². The minimum atomic E-state index is -0.879. The van der Waals surface area contributed by atoms with Crippen LogP contribution in [0.15, 0.2) is 42.7 Å². The topological polar surface area (TPSA) is 111 Å². The van der Waals surface area contributed by atoms with Crippen molar-refractivity contribution in [2.24, 2.45) is 5.92 Å². The molecule has 2 aromatic rings. The molecule has 3 atom stereocenters. The maximum atomic E-state index is 13.7. The number of rotatable bonds is 11. The molecule has 1 aromatic heterocycles. The number of carbonyl (C=O) groups excluding carboxylic acids is 1. The predicted octanol–water partition coefficient (Wildman–Crippen LogP) is 3.27. The third kappa shape index (κ3) is 5.77. The summed E-state index contributed by atoms with van der Waals surface area (Å²) in [5, 5.41) is 10.4. The second-order valence-electron chi connectivity index (χ2n) is 9.94. The van der Waals surface area contributed by atoms with E-state index >= 15 is 0 Å². The smallest absolute Gasteiger partial charge is 0.308 e. The summed E-state index contributed by atoms with van der Waals surface area (Å²) in [6.45, 7) is 4.45. The number of aromatic nitrogens is 1. The lowest BCUT2D eigenvalue weighted by atomic mass is 9.83. The Morgan fingerprint density at radius 2 is 1.95 bits per heavy atom. The molecule has 5 rings (SSSR count). The third-order valence-electron chi connectivity index (χ3n) is 7.58. The summed E-state index contributed by atoms with van der Waals surface area (Å²) in [7, 11) is 0. The van der Waals surface area contributed by atoms with Gasteiger partial charge in [0.05, 0.1) is 37.6 Å². The summed E-state index contributed by atoms with van der Waals surface area (Å²) >= 11 is 0. The molecule has 204 valence electrons. The lowest BCUT2D eigenvalue weighted by molar-refractivity contribution is -0.143. The number of anilines is 1. The molecule has 0 radical (unpaired) electrons. The molecule has 2 saturated heterocycles. The van der Waals surface area contributed by atoms with Gasteiger partial charge in [0.2, 0.25) is 12.7 Å². The van der Waals surface area contributed by atoms with Gasteiger partial charge in [-0.05, 0) is 49.1 Å². The van der Waals surface area contributed by atoms with Crippen LogP contribution in [-0.2, 0) is 19.1 Å². The molecule has 38 heavy (non-hydrogen) atoms. The molecule has 10 nitrogen and oxygen atoms in total. The van der Waals surface area contributed by atoms with Gasteiger partial charge in [-0.2, -0.15) is 0 Å². The number of likely N-dealkylation sites (tertiary alicyclic amines) is 1. The number of pyridine rings is 1. The molecule has 1 amide bonds. The summed E-state index contributed by atoms with van der Waals surface area (Å²) in [6, 6.07) is 8.95. The van der Waals surface area contributed by atoms with Crippen LogP contribution in [0.4, 0.5) is 5.69 Å². The van der Waals surface area contributed by atoms with E-state index in [-0.39, 0.29) is 37.5 Å². The molecule has 1 N–H and O–H groups in total. The van der Waals surface area contributed by atoms with Crippen molar-refractivity contribution < 1.29 is 33.6 Å². The summed E-state index contributed by atoms with van der Waals surface area (Å²) in [6.07, 6.45) is 5.95. The Hall–Kier alpha value is -3.21. The van der Waals surface area contributed by atoms with Gasteiger partial charge >= 0.3 is 5.97 Å². The fraction of sp³-hybridized carbons (Fsp3) is 0.536.